The van der Waals surface area contributed by atoms with Gasteiger partial charge in [0.05, 0.1) is 6.61 Å². The fraction of sp³-hybridized carbons (Fsp3) is 0.350. The maximum atomic E-state index is 11.6. The Labute approximate surface area is 149 Å². The summed E-state index contributed by atoms with van der Waals surface area (Å²) in [7, 11) is 0. The van der Waals surface area contributed by atoms with Crippen LogP contribution < -0.4 is 5.32 Å². The number of carbonyl (C=O) groups is 1. The molecule has 2 rings (SSSR count). The third-order valence-corrected chi connectivity index (χ3v) is 4.18. The van der Waals surface area contributed by atoms with Gasteiger partial charge in [-0.05, 0) is 49.3 Å². The molecular formula is C20H24ClNO2. The number of alkyl carbamates (subject to hydrolysis) is 1. The van der Waals surface area contributed by atoms with Crippen molar-refractivity contribution in [3.63, 3.8) is 0 Å². The summed E-state index contributed by atoms with van der Waals surface area (Å²) >= 11 is 6.07. The summed E-state index contributed by atoms with van der Waals surface area (Å²) < 4.78 is 5.18. The number of carbonyl (C=O) groups excluding carboxylic acids is 1. The lowest BCUT2D eigenvalue weighted by Gasteiger charge is -2.08. The highest BCUT2D eigenvalue weighted by Crippen LogP contribution is 2.14. The molecule has 1 N–H and O–H groups in total. The first-order valence-electron chi connectivity index (χ1n) is 8.43. The van der Waals surface area contributed by atoms with Crippen molar-refractivity contribution in [2.45, 2.75) is 32.1 Å². The van der Waals surface area contributed by atoms with Gasteiger partial charge >= 0.3 is 6.09 Å². The number of ether oxygens (including phenoxy) is 1. The van der Waals surface area contributed by atoms with Gasteiger partial charge in [-0.25, -0.2) is 4.79 Å². The minimum Gasteiger partial charge on any atom is -0.450 e. The Morgan fingerprint density at radius 3 is 2.46 bits per heavy atom. The Kier molecular flexibility index (Phi) is 8.19. The highest BCUT2D eigenvalue weighted by molar-refractivity contribution is 6.31. The molecule has 128 valence electrons. The van der Waals surface area contributed by atoms with Gasteiger partial charge in [0, 0.05) is 11.6 Å². The Morgan fingerprint density at radius 1 is 0.917 bits per heavy atom. The molecule has 0 atom stereocenters. The number of halogens is 1. The summed E-state index contributed by atoms with van der Waals surface area (Å²) in [6, 6.07) is 18.1. The molecule has 0 aliphatic rings. The highest BCUT2D eigenvalue weighted by Gasteiger charge is 2.03. The average molecular weight is 346 g/mol. The number of unbranched alkanes of at least 4 members (excludes halogenated alkanes) is 2. The first-order chi connectivity index (χ1) is 11.8. The van der Waals surface area contributed by atoms with Gasteiger partial charge in [-0.15, -0.1) is 0 Å². The van der Waals surface area contributed by atoms with Crippen LogP contribution in [0.4, 0.5) is 4.79 Å². The zero-order chi connectivity index (χ0) is 17.0. The van der Waals surface area contributed by atoms with Gasteiger partial charge in [-0.3, -0.25) is 0 Å². The number of aryl methyl sites for hydroxylation is 1. The number of hydrogen-bond donors (Lipinski definition) is 1. The maximum Gasteiger partial charge on any atom is 0.407 e. The molecule has 24 heavy (non-hydrogen) atoms. The van der Waals surface area contributed by atoms with Crippen molar-refractivity contribution in [1.82, 2.24) is 5.32 Å². The van der Waals surface area contributed by atoms with Crippen LogP contribution >= 0.6 is 11.6 Å². The molecule has 0 heterocycles. The molecular weight excluding hydrogens is 322 g/mol. The van der Waals surface area contributed by atoms with E-state index in [9.17, 15) is 4.79 Å². The fourth-order valence-corrected chi connectivity index (χ4v) is 2.70. The predicted octanol–water partition coefficient (Wildman–Crippen LogP) is 5.02. The van der Waals surface area contributed by atoms with Crippen molar-refractivity contribution in [2.24, 2.45) is 0 Å². The molecule has 0 fully saturated rings. The quantitative estimate of drug-likeness (QED) is 0.648. The fourth-order valence-electron chi connectivity index (χ4n) is 2.47. The summed E-state index contributed by atoms with van der Waals surface area (Å²) in [5.74, 6) is 0. The molecule has 0 bridgehead atoms. The number of benzene rings is 2. The molecule has 0 radical (unpaired) electrons. The number of amides is 1. The van der Waals surface area contributed by atoms with Crippen molar-refractivity contribution >= 4 is 17.7 Å². The monoisotopic (exact) mass is 345 g/mol. The number of hydrogen-bond acceptors (Lipinski definition) is 2. The Morgan fingerprint density at radius 2 is 1.67 bits per heavy atom. The number of nitrogens with one attached hydrogen (secondary N) is 1. The summed E-state index contributed by atoms with van der Waals surface area (Å²) in [6.45, 7) is 0.989. The molecule has 0 unspecified atom stereocenters. The minimum atomic E-state index is -0.356. The SMILES string of the molecule is O=C(NCCc1ccccc1Cl)OCCCCCc1ccccc1. The van der Waals surface area contributed by atoms with Crippen molar-refractivity contribution in [3.05, 3.63) is 70.7 Å². The normalized spacial score (nSPS) is 10.4. The van der Waals surface area contributed by atoms with Crippen LogP contribution in [0.15, 0.2) is 54.6 Å². The van der Waals surface area contributed by atoms with Gasteiger partial charge < -0.3 is 10.1 Å². The largest absolute Gasteiger partial charge is 0.450 e. The van der Waals surface area contributed by atoms with E-state index in [2.05, 4.69) is 29.6 Å². The average Bonchev–Trinajstić information content (AvgIpc) is 2.60. The van der Waals surface area contributed by atoms with E-state index >= 15 is 0 Å². The Bertz CT molecular complexity index is 616. The lowest BCUT2D eigenvalue weighted by atomic mass is 10.1. The molecule has 0 saturated heterocycles. The van der Waals surface area contributed by atoms with Crippen LogP contribution in [0, 0.1) is 0 Å². The second-order valence-electron chi connectivity index (χ2n) is 5.70. The highest BCUT2D eigenvalue weighted by atomic mass is 35.5. The van der Waals surface area contributed by atoms with Crippen LogP contribution in [0.3, 0.4) is 0 Å². The number of rotatable bonds is 9. The summed E-state index contributed by atoms with van der Waals surface area (Å²) in [4.78, 5) is 11.6. The van der Waals surface area contributed by atoms with Crippen LogP contribution in [0.1, 0.15) is 30.4 Å². The summed E-state index contributed by atoms with van der Waals surface area (Å²) in [5.41, 5.74) is 2.39. The zero-order valence-corrected chi connectivity index (χ0v) is 14.6. The molecule has 2 aromatic rings. The lowest BCUT2D eigenvalue weighted by molar-refractivity contribution is 0.144. The van der Waals surface area contributed by atoms with E-state index in [-0.39, 0.29) is 6.09 Å². The standard InChI is InChI=1S/C20H24ClNO2/c21-19-13-7-6-12-18(19)14-15-22-20(23)24-16-8-2-5-11-17-9-3-1-4-10-17/h1,3-4,6-7,9-10,12-13H,2,5,8,11,14-16H2,(H,22,23). The van der Waals surface area contributed by atoms with Crippen LogP contribution in [0.5, 0.6) is 0 Å². The molecule has 2 aromatic carbocycles. The van der Waals surface area contributed by atoms with E-state index in [0.717, 1.165) is 36.3 Å². The third-order valence-electron chi connectivity index (χ3n) is 3.81. The second-order valence-corrected chi connectivity index (χ2v) is 6.11. The molecule has 3 nitrogen and oxygen atoms in total. The van der Waals surface area contributed by atoms with Gasteiger partial charge in [0.25, 0.3) is 0 Å². The third kappa shape index (κ3) is 7.05. The van der Waals surface area contributed by atoms with E-state index in [4.69, 9.17) is 16.3 Å². The molecule has 0 spiro atoms. The van der Waals surface area contributed by atoms with Crippen LogP contribution in [0.2, 0.25) is 5.02 Å². The van der Waals surface area contributed by atoms with Crippen LogP contribution in [0.25, 0.3) is 0 Å². The summed E-state index contributed by atoms with van der Waals surface area (Å²) in [5, 5.41) is 3.48. The maximum absolute atomic E-state index is 11.6. The van der Waals surface area contributed by atoms with Crippen LogP contribution in [-0.4, -0.2) is 19.2 Å². The Balaban J connectivity index is 1.49. The van der Waals surface area contributed by atoms with Crippen molar-refractivity contribution in [2.75, 3.05) is 13.2 Å². The summed E-state index contributed by atoms with van der Waals surface area (Å²) in [6.07, 6.45) is 4.48. The van der Waals surface area contributed by atoms with Gasteiger partial charge in [0.1, 0.15) is 0 Å². The van der Waals surface area contributed by atoms with E-state index in [0.29, 0.717) is 19.6 Å². The van der Waals surface area contributed by atoms with Gasteiger partial charge in [-0.2, -0.15) is 0 Å². The van der Waals surface area contributed by atoms with E-state index in [1.54, 1.807) is 0 Å². The van der Waals surface area contributed by atoms with Crippen LogP contribution in [-0.2, 0) is 17.6 Å². The minimum absolute atomic E-state index is 0.356. The van der Waals surface area contributed by atoms with Gasteiger partial charge in [0.2, 0.25) is 0 Å². The predicted molar refractivity (Wildman–Crippen MR) is 98.5 cm³/mol. The topological polar surface area (TPSA) is 38.3 Å². The van der Waals surface area contributed by atoms with E-state index in [1.165, 1.54) is 5.56 Å². The van der Waals surface area contributed by atoms with Gasteiger partial charge in [-0.1, -0.05) is 60.1 Å². The first-order valence-corrected chi connectivity index (χ1v) is 8.81. The van der Waals surface area contributed by atoms with E-state index < -0.39 is 0 Å². The molecule has 4 heteroatoms. The Hall–Kier alpha value is -2.00. The van der Waals surface area contributed by atoms with E-state index in [1.807, 2.05) is 30.3 Å². The van der Waals surface area contributed by atoms with Crippen molar-refractivity contribution in [1.29, 1.82) is 0 Å². The molecule has 0 aromatic heterocycles. The zero-order valence-electron chi connectivity index (χ0n) is 13.8. The molecule has 0 aliphatic carbocycles. The van der Waals surface area contributed by atoms with Crippen molar-refractivity contribution in [3.8, 4) is 0 Å². The smallest absolute Gasteiger partial charge is 0.407 e. The van der Waals surface area contributed by atoms with Gasteiger partial charge in [0.15, 0.2) is 0 Å². The molecule has 1 amide bonds. The molecule has 0 saturated carbocycles. The lowest BCUT2D eigenvalue weighted by Crippen LogP contribution is -2.26. The second kappa shape index (κ2) is 10.7. The van der Waals surface area contributed by atoms with Crippen molar-refractivity contribution < 1.29 is 9.53 Å². The molecule has 0 aliphatic heterocycles. The first kappa shape index (κ1) is 18.3.